The van der Waals surface area contributed by atoms with E-state index in [-0.39, 0.29) is 30.6 Å². The summed E-state index contributed by atoms with van der Waals surface area (Å²) in [5.74, 6) is -0.980. The Labute approximate surface area is 180 Å². The van der Waals surface area contributed by atoms with Crippen LogP contribution in [0.25, 0.3) is 23.0 Å². The Kier molecular flexibility index (Phi) is 5.02. The maximum atomic E-state index is 13.9. The van der Waals surface area contributed by atoms with Crippen molar-refractivity contribution in [2.45, 2.75) is 6.10 Å². The van der Waals surface area contributed by atoms with Crippen molar-refractivity contribution >= 4 is 5.91 Å². The molecule has 2 aromatic carbocycles. The second-order valence-corrected chi connectivity index (χ2v) is 7.08. The van der Waals surface area contributed by atoms with Crippen LogP contribution in [-0.4, -0.2) is 50.1 Å². The number of aromatic nitrogens is 4. The maximum absolute atomic E-state index is 13.9. The van der Waals surface area contributed by atoms with Crippen LogP contribution >= 0.6 is 0 Å². The van der Waals surface area contributed by atoms with Gasteiger partial charge in [0, 0.05) is 12.4 Å². The molecule has 5 rings (SSSR count). The van der Waals surface area contributed by atoms with Crippen LogP contribution in [0.5, 0.6) is 5.75 Å². The van der Waals surface area contributed by atoms with Gasteiger partial charge in [-0.1, -0.05) is 17.3 Å². The Balaban J connectivity index is 1.29. The predicted molar refractivity (Wildman–Crippen MR) is 107 cm³/mol. The molecule has 0 atom stereocenters. The van der Waals surface area contributed by atoms with Gasteiger partial charge in [-0.2, -0.15) is 4.98 Å². The van der Waals surface area contributed by atoms with Gasteiger partial charge in [0.2, 0.25) is 5.82 Å². The van der Waals surface area contributed by atoms with Crippen LogP contribution < -0.4 is 4.74 Å². The number of nitrogens with zero attached hydrogens (tertiary/aromatic N) is 5. The lowest BCUT2D eigenvalue weighted by molar-refractivity contribution is 0.0176. The quantitative estimate of drug-likeness (QED) is 0.474. The van der Waals surface area contributed by atoms with Crippen LogP contribution in [0.2, 0.25) is 0 Å². The lowest BCUT2D eigenvalue weighted by Crippen LogP contribution is -2.56. The molecule has 10 heteroatoms. The number of benzene rings is 2. The van der Waals surface area contributed by atoms with Gasteiger partial charge in [0.15, 0.2) is 0 Å². The molecule has 160 valence electrons. The summed E-state index contributed by atoms with van der Waals surface area (Å²) in [6.07, 6.45) is 4.28. The van der Waals surface area contributed by atoms with E-state index in [9.17, 15) is 13.6 Å². The smallest absolute Gasteiger partial charge is 0.262 e. The summed E-state index contributed by atoms with van der Waals surface area (Å²) in [7, 11) is 0. The van der Waals surface area contributed by atoms with Crippen LogP contribution in [0, 0.1) is 11.6 Å². The minimum atomic E-state index is -0.763. The van der Waals surface area contributed by atoms with Gasteiger partial charge in [-0.3, -0.25) is 9.78 Å². The molecule has 32 heavy (non-hydrogen) atoms. The minimum Gasteiger partial charge on any atom is -0.486 e. The van der Waals surface area contributed by atoms with Crippen molar-refractivity contribution in [3.63, 3.8) is 0 Å². The highest BCUT2D eigenvalue weighted by atomic mass is 19.1. The molecule has 1 amide bonds. The van der Waals surface area contributed by atoms with Gasteiger partial charge in [-0.25, -0.2) is 13.8 Å². The van der Waals surface area contributed by atoms with Crippen molar-refractivity contribution in [3.05, 3.63) is 78.3 Å². The lowest BCUT2D eigenvalue weighted by atomic mass is 10.1. The molecule has 1 saturated heterocycles. The molecule has 0 bridgehead atoms. The molecule has 0 spiro atoms. The number of hydrogen-bond acceptors (Lipinski definition) is 7. The van der Waals surface area contributed by atoms with E-state index in [1.807, 2.05) is 0 Å². The normalized spacial score (nSPS) is 13.6. The Bertz CT molecular complexity index is 1280. The molecule has 4 aromatic rings. The largest absolute Gasteiger partial charge is 0.486 e. The van der Waals surface area contributed by atoms with E-state index in [2.05, 4.69) is 20.1 Å². The summed E-state index contributed by atoms with van der Waals surface area (Å²) >= 11 is 0. The second kappa shape index (κ2) is 8.14. The molecule has 2 aromatic heterocycles. The molecular formula is C22H15F2N5O3. The van der Waals surface area contributed by atoms with Crippen molar-refractivity contribution in [1.82, 2.24) is 25.0 Å². The van der Waals surface area contributed by atoms with E-state index >= 15 is 0 Å². The van der Waals surface area contributed by atoms with Crippen LogP contribution in [0.4, 0.5) is 8.78 Å². The summed E-state index contributed by atoms with van der Waals surface area (Å²) in [4.78, 5) is 26.3. The van der Waals surface area contributed by atoms with Crippen molar-refractivity contribution in [2.75, 3.05) is 13.1 Å². The fourth-order valence-corrected chi connectivity index (χ4v) is 3.29. The van der Waals surface area contributed by atoms with Gasteiger partial charge in [0.1, 0.15) is 29.2 Å². The first-order valence-electron chi connectivity index (χ1n) is 9.69. The standard InChI is InChI=1S/C22H15F2N5O3/c23-13-5-6-17(24)16(9-13)22(30)29-11-14(12-29)31-19-4-2-1-3-15(19)21-27-20(28-32-21)18-10-25-7-8-26-18/h1-10,14H,11-12H2. The third-order valence-corrected chi connectivity index (χ3v) is 4.92. The number of halogens is 2. The highest BCUT2D eigenvalue weighted by molar-refractivity contribution is 5.95. The van der Waals surface area contributed by atoms with E-state index in [1.54, 1.807) is 30.5 Å². The molecule has 8 nitrogen and oxygen atoms in total. The van der Waals surface area contributed by atoms with Gasteiger partial charge in [-0.15, -0.1) is 0 Å². The Hall–Kier alpha value is -4.21. The third-order valence-electron chi connectivity index (χ3n) is 4.92. The summed E-state index contributed by atoms with van der Waals surface area (Å²) in [6.45, 7) is 0.468. The molecular weight excluding hydrogens is 420 g/mol. The molecule has 1 aliphatic rings. The van der Waals surface area contributed by atoms with Gasteiger partial charge < -0.3 is 14.2 Å². The molecule has 0 N–H and O–H groups in total. The number of para-hydroxylation sites is 1. The van der Waals surface area contributed by atoms with Crippen LogP contribution in [0.15, 0.2) is 65.6 Å². The zero-order valence-corrected chi connectivity index (χ0v) is 16.5. The van der Waals surface area contributed by atoms with Crippen molar-refractivity contribution in [3.8, 4) is 28.7 Å². The molecule has 0 radical (unpaired) electrons. The first-order valence-corrected chi connectivity index (χ1v) is 9.69. The SMILES string of the molecule is O=C(c1cc(F)ccc1F)N1CC(Oc2ccccc2-c2nc(-c3cnccn3)no2)C1. The maximum Gasteiger partial charge on any atom is 0.262 e. The second-order valence-electron chi connectivity index (χ2n) is 7.08. The fourth-order valence-electron chi connectivity index (χ4n) is 3.29. The van der Waals surface area contributed by atoms with Crippen LogP contribution in [-0.2, 0) is 0 Å². The molecule has 1 fully saturated rings. The van der Waals surface area contributed by atoms with Crippen LogP contribution in [0.3, 0.4) is 0 Å². The van der Waals surface area contributed by atoms with E-state index in [1.165, 1.54) is 17.3 Å². The van der Waals surface area contributed by atoms with Gasteiger partial charge in [0.05, 0.1) is 30.4 Å². The van der Waals surface area contributed by atoms with Gasteiger partial charge in [-0.05, 0) is 30.3 Å². The zero-order valence-electron chi connectivity index (χ0n) is 16.5. The Morgan fingerprint density at radius 1 is 1.12 bits per heavy atom. The molecule has 0 aliphatic carbocycles. The molecule has 0 saturated carbocycles. The number of likely N-dealkylation sites (tertiary alicyclic amines) is 1. The zero-order chi connectivity index (χ0) is 22.1. The van der Waals surface area contributed by atoms with E-state index in [4.69, 9.17) is 9.26 Å². The van der Waals surface area contributed by atoms with E-state index in [0.717, 1.165) is 18.2 Å². The monoisotopic (exact) mass is 435 g/mol. The van der Waals surface area contributed by atoms with Gasteiger partial charge in [0.25, 0.3) is 11.8 Å². The Morgan fingerprint density at radius 2 is 1.97 bits per heavy atom. The average Bonchev–Trinajstić information content (AvgIpc) is 3.28. The Morgan fingerprint density at radius 3 is 2.78 bits per heavy atom. The topological polar surface area (TPSA) is 94.2 Å². The van der Waals surface area contributed by atoms with Crippen molar-refractivity contribution in [2.24, 2.45) is 0 Å². The predicted octanol–water partition coefficient (Wildman–Crippen LogP) is 3.38. The first kappa shape index (κ1) is 19.7. The summed E-state index contributed by atoms with van der Waals surface area (Å²) in [5.41, 5.74) is 0.751. The van der Waals surface area contributed by atoms with E-state index < -0.39 is 17.5 Å². The highest BCUT2D eigenvalue weighted by Gasteiger charge is 2.34. The number of carbonyl (C=O) groups is 1. The summed E-state index contributed by atoms with van der Waals surface area (Å²) in [5, 5.41) is 3.94. The van der Waals surface area contributed by atoms with E-state index in [0.29, 0.717) is 22.8 Å². The number of rotatable bonds is 5. The van der Waals surface area contributed by atoms with Crippen molar-refractivity contribution in [1.29, 1.82) is 0 Å². The van der Waals surface area contributed by atoms with Gasteiger partial charge >= 0.3 is 0 Å². The fraction of sp³-hybridized carbons (Fsp3) is 0.136. The van der Waals surface area contributed by atoms with Crippen molar-refractivity contribution < 1.29 is 22.8 Å². The van der Waals surface area contributed by atoms with Crippen LogP contribution in [0.1, 0.15) is 10.4 Å². The summed E-state index contributed by atoms with van der Waals surface area (Å²) < 4.78 is 38.6. The highest BCUT2D eigenvalue weighted by Crippen LogP contribution is 2.32. The third kappa shape index (κ3) is 3.78. The minimum absolute atomic E-state index is 0.234. The molecule has 1 aliphatic heterocycles. The number of amides is 1. The molecule has 3 heterocycles. The average molecular weight is 435 g/mol. The first-order chi connectivity index (χ1) is 15.6. The number of carbonyl (C=O) groups excluding carboxylic acids is 1. The number of ether oxygens (including phenoxy) is 1. The molecule has 0 unspecified atom stereocenters. The summed E-state index contributed by atoms with van der Waals surface area (Å²) in [6, 6.07) is 9.92. The number of hydrogen-bond donors (Lipinski definition) is 0. The lowest BCUT2D eigenvalue weighted by Gasteiger charge is -2.39.